The molecule has 0 unspecified atom stereocenters. The highest BCUT2D eigenvalue weighted by atomic mass is 16.5. The zero-order valence-electron chi connectivity index (χ0n) is 17.0. The third-order valence-electron chi connectivity index (χ3n) is 4.92. The van der Waals surface area contributed by atoms with Gasteiger partial charge in [-0.2, -0.15) is 0 Å². The van der Waals surface area contributed by atoms with E-state index in [0.29, 0.717) is 0 Å². The Morgan fingerprint density at radius 1 is 0.958 bits per heavy atom. The van der Waals surface area contributed by atoms with E-state index in [4.69, 9.17) is 4.74 Å². The molecule has 1 aromatic carbocycles. The summed E-state index contributed by atoms with van der Waals surface area (Å²) in [5, 5.41) is 9.21. The number of unbranched alkanes of at least 4 members (excludes halogenated alkanes) is 2. The Morgan fingerprint density at radius 2 is 1.58 bits per heavy atom. The maximum atomic E-state index is 9.21. The summed E-state index contributed by atoms with van der Waals surface area (Å²) < 4.78 is 5.91. The lowest BCUT2D eigenvalue weighted by molar-refractivity contribution is 0.288. The molecule has 0 amide bonds. The van der Waals surface area contributed by atoms with E-state index in [-0.39, 0.29) is 17.4 Å². The molecule has 2 heteroatoms. The van der Waals surface area contributed by atoms with Crippen LogP contribution in [0.5, 0.6) is 5.75 Å². The van der Waals surface area contributed by atoms with E-state index < -0.39 is 0 Å². The van der Waals surface area contributed by atoms with Gasteiger partial charge in [0.1, 0.15) is 5.75 Å². The molecule has 0 aliphatic rings. The van der Waals surface area contributed by atoms with Crippen LogP contribution in [0.1, 0.15) is 90.3 Å². The molecule has 0 aliphatic heterocycles. The molecule has 1 aromatic rings. The van der Waals surface area contributed by atoms with Crippen molar-refractivity contribution in [3.8, 4) is 5.75 Å². The molecular formula is C22H38O2. The molecule has 0 heterocycles. The summed E-state index contributed by atoms with van der Waals surface area (Å²) in [5.41, 5.74) is 4.04. The van der Waals surface area contributed by atoms with Gasteiger partial charge in [-0.3, -0.25) is 0 Å². The number of aliphatic hydroxyl groups excluding tert-OH is 1. The van der Waals surface area contributed by atoms with Crippen molar-refractivity contribution in [3.63, 3.8) is 0 Å². The average molecular weight is 335 g/mol. The first-order valence-electron chi connectivity index (χ1n) is 9.50. The lowest BCUT2D eigenvalue weighted by Gasteiger charge is -2.32. The number of aliphatic hydroxyl groups is 1. The molecule has 1 rings (SSSR count). The maximum Gasteiger partial charge on any atom is 0.126 e. The van der Waals surface area contributed by atoms with Gasteiger partial charge in [0.15, 0.2) is 0 Å². The molecule has 0 atom stereocenters. The third kappa shape index (κ3) is 5.51. The Hall–Kier alpha value is -1.02. The number of rotatable bonds is 9. The fourth-order valence-electron chi connectivity index (χ4n) is 3.35. The lowest BCUT2D eigenvalue weighted by atomic mass is 9.75. The van der Waals surface area contributed by atoms with Crippen molar-refractivity contribution in [1.29, 1.82) is 0 Å². The van der Waals surface area contributed by atoms with Gasteiger partial charge in [-0.15, -0.1) is 0 Å². The number of hydrogen-bond acceptors (Lipinski definition) is 2. The zero-order valence-corrected chi connectivity index (χ0v) is 17.0. The molecule has 0 saturated heterocycles. The fraction of sp³-hybridized carbons (Fsp3) is 0.727. The molecule has 2 nitrogen and oxygen atoms in total. The van der Waals surface area contributed by atoms with Gasteiger partial charge >= 0.3 is 0 Å². The van der Waals surface area contributed by atoms with Gasteiger partial charge in [-0.05, 0) is 35.7 Å². The Morgan fingerprint density at radius 3 is 2.08 bits per heavy atom. The monoisotopic (exact) mass is 334 g/mol. The van der Waals surface area contributed by atoms with Gasteiger partial charge in [-0.1, -0.05) is 72.9 Å². The second-order valence-electron chi connectivity index (χ2n) is 8.64. The molecule has 0 spiro atoms. The number of aryl methyl sites for hydroxylation is 1. The summed E-state index contributed by atoms with van der Waals surface area (Å²) in [5.74, 6) is 1.05. The van der Waals surface area contributed by atoms with Crippen LogP contribution in [-0.4, -0.2) is 18.8 Å². The highest BCUT2D eigenvalue weighted by Crippen LogP contribution is 2.42. The van der Waals surface area contributed by atoms with Gasteiger partial charge in [0, 0.05) is 17.7 Å². The minimum atomic E-state index is 0.0365. The van der Waals surface area contributed by atoms with E-state index in [1.807, 2.05) is 0 Å². The summed E-state index contributed by atoms with van der Waals surface area (Å²) >= 11 is 0. The van der Waals surface area contributed by atoms with Crippen LogP contribution < -0.4 is 4.74 Å². The second kappa shape index (κ2) is 8.89. The van der Waals surface area contributed by atoms with Gasteiger partial charge in [-0.25, -0.2) is 0 Å². The van der Waals surface area contributed by atoms with E-state index in [0.717, 1.165) is 18.6 Å². The smallest absolute Gasteiger partial charge is 0.126 e. The van der Waals surface area contributed by atoms with Crippen LogP contribution in [0.3, 0.4) is 0 Å². The molecule has 0 radical (unpaired) electrons. The first-order chi connectivity index (χ1) is 11.2. The predicted molar refractivity (Wildman–Crippen MR) is 104 cm³/mol. The van der Waals surface area contributed by atoms with Crippen molar-refractivity contribution < 1.29 is 9.84 Å². The van der Waals surface area contributed by atoms with Crippen LogP contribution in [0, 0.1) is 0 Å². The zero-order chi connectivity index (χ0) is 18.4. The molecule has 1 N–H and O–H groups in total. The Balaban J connectivity index is 3.38. The van der Waals surface area contributed by atoms with Crippen LogP contribution in [-0.2, 0) is 17.3 Å². The third-order valence-corrected chi connectivity index (χ3v) is 4.92. The van der Waals surface area contributed by atoms with Gasteiger partial charge in [0.2, 0.25) is 0 Å². The molecule has 0 aliphatic carbocycles. The number of ether oxygens (including phenoxy) is 1. The summed E-state index contributed by atoms with van der Waals surface area (Å²) in [6.45, 7) is 13.9. The number of benzene rings is 1. The van der Waals surface area contributed by atoms with Crippen molar-refractivity contribution in [2.75, 3.05) is 13.7 Å². The standard InChI is InChI=1S/C22H38O2/c1-8-9-10-13-22(5,6)19-16-17(12-11-14-23)15-18(20(19)24-7)21(2,3)4/h15-16,23H,8-14H2,1-7H3. The number of hydrogen-bond donors (Lipinski definition) is 1. The van der Waals surface area contributed by atoms with E-state index in [9.17, 15) is 5.11 Å². The van der Waals surface area contributed by atoms with E-state index >= 15 is 0 Å². The quantitative estimate of drug-likeness (QED) is 0.580. The summed E-state index contributed by atoms with van der Waals surface area (Å²) in [7, 11) is 1.80. The van der Waals surface area contributed by atoms with Crippen molar-refractivity contribution >= 4 is 0 Å². The first kappa shape index (κ1) is 21.0. The van der Waals surface area contributed by atoms with Crippen molar-refractivity contribution in [3.05, 3.63) is 28.8 Å². The maximum absolute atomic E-state index is 9.21. The largest absolute Gasteiger partial charge is 0.496 e. The molecular weight excluding hydrogens is 296 g/mol. The van der Waals surface area contributed by atoms with E-state index in [2.05, 4.69) is 53.7 Å². The SMILES string of the molecule is CCCCCC(C)(C)c1cc(CCCO)cc(C(C)(C)C)c1OC. The van der Waals surface area contributed by atoms with Crippen molar-refractivity contribution in [2.45, 2.75) is 90.9 Å². The second-order valence-corrected chi connectivity index (χ2v) is 8.64. The Kier molecular flexibility index (Phi) is 7.79. The highest BCUT2D eigenvalue weighted by Gasteiger charge is 2.29. The molecule has 0 bridgehead atoms. The average Bonchev–Trinajstić information content (AvgIpc) is 2.51. The van der Waals surface area contributed by atoms with Gasteiger partial charge in [0.05, 0.1) is 7.11 Å². The Bertz CT molecular complexity index is 509. The minimum absolute atomic E-state index is 0.0365. The number of methoxy groups -OCH3 is 1. The van der Waals surface area contributed by atoms with E-state index in [1.165, 1.54) is 42.4 Å². The summed E-state index contributed by atoms with van der Waals surface area (Å²) in [6.07, 6.45) is 6.68. The molecule has 24 heavy (non-hydrogen) atoms. The normalized spacial score (nSPS) is 12.5. The van der Waals surface area contributed by atoms with Gasteiger partial charge in [0.25, 0.3) is 0 Å². The molecule has 138 valence electrons. The van der Waals surface area contributed by atoms with Crippen molar-refractivity contribution in [1.82, 2.24) is 0 Å². The van der Waals surface area contributed by atoms with Crippen LogP contribution >= 0.6 is 0 Å². The fourth-order valence-corrected chi connectivity index (χ4v) is 3.35. The minimum Gasteiger partial charge on any atom is -0.496 e. The highest BCUT2D eigenvalue weighted by molar-refractivity contribution is 5.51. The summed E-state index contributed by atoms with van der Waals surface area (Å²) in [6, 6.07) is 4.59. The lowest BCUT2D eigenvalue weighted by Crippen LogP contribution is -2.22. The van der Waals surface area contributed by atoms with Crippen LogP contribution in [0.4, 0.5) is 0 Å². The molecule has 0 aromatic heterocycles. The summed E-state index contributed by atoms with van der Waals surface area (Å²) in [4.78, 5) is 0. The Labute approximate surface area is 149 Å². The van der Waals surface area contributed by atoms with Crippen molar-refractivity contribution in [2.24, 2.45) is 0 Å². The van der Waals surface area contributed by atoms with Gasteiger partial charge < -0.3 is 9.84 Å². The van der Waals surface area contributed by atoms with Crippen LogP contribution in [0.2, 0.25) is 0 Å². The van der Waals surface area contributed by atoms with Crippen LogP contribution in [0.15, 0.2) is 12.1 Å². The predicted octanol–water partition coefficient (Wildman–Crippen LogP) is 5.78. The van der Waals surface area contributed by atoms with E-state index in [1.54, 1.807) is 7.11 Å². The molecule has 0 fully saturated rings. The van der Waals surface area contributed by atoms with Crippen LogP contribution in [0.25, 0.3) is 0 Å². The molecule has 0 saturated carbocycles. The first-order valence-corrected chi connectivity index (χ1v) is 9.50. The topological polar surface area (TPSA) is 29.5 Å².